The Kier molecular flexibility index (Phi) is 5.32. The summed E-state index contributed by atoms with van der Waals surface area (Å²) in [6.07, 6.45) is 0.579. The molecule has 104 valence electrons. The first-order valence-electron chi connectivity index (χ1n) is 6.00. The average molecular weight is 266 g/mol. The van der Waals surface area contributed by atoms with E-state index in [2.05, 4.69) is 5.32 Å². The van der Waals surface area contributed by atoms with Crippen molar-refractivity contribution in [1.82, 2.24) is 5.32 Å². The van der Waals surface area contributed by atoms with Crippen molar-refractivity contribution in [3.63, 3.8) is 0 Å². The Hall–Kier alpha value is -2.08. The van der Waals surface area contributed by atoms with Gasteiger partial charge in [0.15, 0.2) is 0 Å². The van der Waals surface area contributed by atoms with Crippen LogP contribution >= 0.6 is 0 Å². The second-order valence-corrected chi connectivity index (χ2v) is 4.28. The maximum Gasteiger partial charge on any atom is 0.326 e. The molecule has 0 aromatic heterocycles. The maximum absolute atomic E-state index is 11.7. The predicted octanol–water partition coefficient (Wildman–Crippen LogP) is 0.241. The fraction of sp³-hybridized carbons (Fsp3) is 0.385. The molecule has 2 atom stereocenters. The lowest BCUT2D eigenvalue weighted by atomic mass is 10.1. The lowest BCUT2D eigenvalue weighted by Gasteiger charge is -2.16. The quantitative estimate of drug-likeness (QED) is 0.589. The third kappa shape index (κ3) is 4.59. The number of hydrogen-bond donors (Lipinski definition) is 4. The van der Waals surface area contributed by atoms with Gasteiger partial charge in [0.2, 0.25) is 5.91 Å². The number of rotatable bonds is 6. The van der Waals surface area contributed by atoms with Gasteiger partial charge < -0.3 is 21.3 Å². The van der Waals surface area contributed by atoms with Crippen molar-refractivity contribution < 1.29 is 19.8 Å². The number of nitrogens with one attached hydrogen (secondary N) is 1. The van der Waals surface area contributed by atoms with E-state index in [-0.39, 0.29) is 12.2 Å². The molecule has 1 amide bonds. The Morgan fingerprint density at radius 2 is 1.89 bits per heavy atom. The van der Waals surface area contributed by atoms with Gasteiger partial charge in [-0.2, -0.15) is 0 Å². The molecule has 0 aliphatic carbocycles. The standard InChI is InChI=1S/C13H18N2O4/c1-2-11(13(18)19)15-12(17)10(14)7-8-3-5-9(16)6-4-8/h3-6,10-11,16H,2,7,14H2,1H3,(H,15,17)(H,18,19)/t10?,11-/m0/s1. The van der Waals surface area contributed by atoms with Gasteiger partial charge in [-0.1, -0.05) is 19.1 Å². The van der Waals surface area contributed by atoms with Crippen molar-refractivity contribution in [3.05, 3.63) is 29.8 Å². The lowest BCUT2D eigenvalue weighted by Crippen LogP contribution is -2.48. The Balaban J connectivity index is 2.57. The van der Waals surface area contributed by atoms with Crippen LogP contribution in [0.5, 0.6) is 5.75 Å². The van der Waals surface area contributed by atoms with Crippen molar-refractivity contribution in [2.45, 2.75) is 31.8 Å². The number of carboxylic acids is 1. The molecule has 6 nitrogen and oxygen atoms in total. The van der Waals surface area contributed by atoms with E-state index in [1.807, 2.05) is 0 Å². The first-order valence-corrected chi connectivity index (χ1v) is 6.00. The van der Waals surface area contributed by atoms with Crippen LogP contribution in [-0.2, 0) is 16.0 Å². The monoisotopic (exact) mass is 266 g/mol. The molecule has 1 unspecified atom stereocenters. The molecule has 0 aliphatic rings. The van der Waals surface area contributed by atoms with Gasteiger partial charge in [0.1, 0.15) is 11.8 Å². The van der Waals surface area contributed by atoms with E-state index in [0.29, 0.717) is 6.42 Å². The lowest BCUT2D eigenvalue weighted by molar-refractivity contribution is -0.142. The van der Waals surface area contributed by atoms with Crippen molar-refractivity contribution in [2.75, 3.05) is 0 Å². The van der Waals surface area contributed by atoms with Crippen LogP contribution in [0.1, 0.15) is 18.9 Å². The summed E-state index contributed by atoms with van der Waals surface area (Å²) in [5.74, 6) is -1.44. The van der Waals surface area contributed by atoms with Crippen LogP contribution in [0, 0.1) is 0 Å². The summed E-state index contributed by atoms with van der Waals surface area (Å²) in [6.45, 7) is 1.67. The molecule has 1 aromatic carbocycles. The number of aliphatic carboxylic acids is 1. The summed E-state index contributed by atoms with van der Waals surface area (Å²) < 4.78 is 0. The number of aromatic hydroxyl groups is 1. The van der Waals surface area contributed by atoms with Crippen LogP contribution in [0.25, 0.3) is 0 Å². The summed E-state index contributed by atoms with van der Waals surface area (Å²) in [5.41, 5.74) is 6.52. The molecule has 0 spiro atoms. The maximum atomic E-state index is 11.7. The first kappa shape index (κ1) is 15.0. The van der Waals surface area contributed by atoms with Crippen LogP contribution in [0.3, 0.4) is 0 Å². The molecule has 19 heavy (non-hydrogen) atoms. The fourth-order valence-electron chi connectivity index (χ4n) is 1.60. The number of benzene rings is 1. The summed E-state index contributed by atoms with van der Waals surface area (Å²) in [7, 11) is 0. The van der Waals surface area contributed by atoms with Crippen LogP contribution in [0.15, 0.2) is 24.3 Å². The van der Waals surface area contributed by atoms with Crippen molar-refractivity contribution in [3.8, 4) is 5.75 Å². The Morgan fingerprint density at radius 3 is 2.37 bits per heavy atom. The molecule has 1 rings (SSSR count). The van der Waals surface area contributed by atoms with E-state index in [1.165, 1.54) is 12.1 Å². The highest BCUT2D eigenvalue weighted by atomic mass is 16.4. The smallest absolute Gasteiger partial charge is 0.326 e. The number of carbonyl (C=O) groups excluding carboxylic acids is 1. The van der Waals surface area contributed by atoms with E-state index in [9.17, 15) is 9.59 Å². The topological polar surface area (TPSA) is 113 Å². The number of carboxylic acid groups (broad SMARTS) is 1. The summed E-state index contributed by atoms with van der Waals surface area (Å²) in [5, 5.41) is 20.4. The van der Waals surface area contributed by atoms with Gasteiger partial charge in [-0.3, -0.25) is 4.79 Å². The van der Waals surface area contributed by atoms with Crippen LogP contribution < -0.4 is 11.1 Å². The van der Waals surface area contributed by atoms with Gasteiger partial charge in [0, 0.05) is 0 Å². The Morgan fingerprint density at radius 1 is 1.32 bits per heavy atom. The van der Waals surface area contributed by atoms with Gasteiger partial charge in [0.05, 0.1) is 6.04 Å². The van der Waals surface area contributed by atoms with Gasteiger partial charge in [0.25, 0.3) is 0 Å². The normalized spacial score (nSPS) is 13.6. The second-order valence-electron chi connectivity index (χ2n) is 4.28. The minimum Gasteiger partial charge on any atom is -0.508 e. The molecule has 0 saturated carbocycles. The molecule has 0 radical (unpaired) electrons. The average Bonchev–Trinajstić information content (AvgIpc) is 2.37. The summed E-state index contributed by atoms with van der Waals surface area (Å²) in [4.78, 5) is 22.5. The predicted molar refractivity (Wildman–Crippen MR) is 69.6 cm³/mol. The number of amides is 1. The van der Waals surface area contributed by atoms with Crippen LogP contribution in [0.4, 0.5) is 0 Å². The van der Waals surface area contributed by atoms with Crippen molar-refractivity contribution >= 4 is 11.9 Å². The second kappa shape index (κ2) is 6.75. The van der Waals surface area contributed by atoms with Crippen molar-refractivity contribution in [1.29, 1.82) is 0 Å². The van der Waals surface area contributed by atoms with Gasteiger partial charge >= 0.3 is 5.97 Å². The zero-order valence-corrected chi connectivity index (χ0v) is 10.7. The number of hydrogen-bond acceptors (Lipinski definition) is 4. The summed E-state index contributed by atoms with van der Waals surface area (Å²) in [6, 6.07) is 4.60. The van der Waals surface area contributed by atoms with Gasteiger partial charge in [-0.15, -0.1) is 0 Å². The summed E-state index contributed by atoms with van der Waals surface area (Å²) >= 11 is 0. The minimum atomic E-state index is -1.08. The van der Waals surface area contributed by atoms with E-state index < -0.39 is 24.0 Å². The van der Waals surface area contributed by atoms with E-state index in [4.69, 9.17) is 15.9 Å². The number of carbonyl (C=O) groups is 2. The SMILES string of the molecule is CC[C@H](NC(=O)C(N)Cc1ccc(O)cc1)C(=O)O. The highest BCUT2D eigenvalue weighted by molar-refractivity contribution is 5.86. The molecule has 0 bridgehead atoms. The zero-order valence-electron chi connectivity index (χ0n) is 10.7. The third-order valence-corrected chi connectivity index (χ3v) is 2.75. The van der Waals surface area contributed by atoms with Gasteiger partial charge in [-0.25, -0.2) is 4.79 Å². The highest BCUT2D eigenvalue weighted by Crippen LogP contribution is 2.11. The highest BCUT2D eigenvalue weighted by Gasteiger charge is 2.21. The Bertz CT molecular complexity index is 444. The van der Waals surface area contributed by atoms with Crippen LogP contribution in [-0.4, -0.2) is 34.2 Å². The molecule has 5 N–H and O–H groups in total. The molecule has 0 aliphatic heterocycles. The van der Waals surface area contributed by atoms with Crippen LogP contribution in [0.2, 0.25) is 0 Å². The first-order chi connectivity index (χ1) is 8.93. The van der Waals surface area contributed by atoms with E-state index >= 15 is 0 Å². The fourth-order valence-corrected chi connectivity index (χ4v) is 1.60. The largest absolute Gasteiger partial charge is 0.508 e. The molecular formula is C13H18N2O4. The molecule has 0 saturated heterocycles. The molecule has 0 heterocycles. The Labute approximate surface area is 111 Å². The molecule has 1 aromatic rings. The molecule has 0 fully saturated rings. The number of phenolic OH excluding ortho intramolecular Hbond substituents is 1. The third-order valence-electron chi connectivity index (χ3n) is 2.75. The molecule has 6 heteroatoms. The number of phenols is 1. The minimum absolute atomic E-state index is 0.138. The number of nitrogens with two attached hydrogens (primary N) is 1. The van der Waals surface area contributed by atoms with E-state index in [0.717, 1.165) is 5.56 Å². The zero-order chi connectivity index (χ0) is 14.4. The van der Waals surface area contributed by atoms with E-state index in [1.54, 1.807) is 19.1 Å². The molecular weight excluding hydrogens is 248 g/mol. The van der Waals surface area contributed by atoms with Gasteiger partial charge in [-0.05, 0) is 30.5 Å². The van der Waals surface area contributed by atoms with Crippen molar-refractivity contribution in [2.24, 2.45) is 5.73 Å².